The predicted octanol–water partition coefficient (Wildman–Crippen LogP) is 4.22. The van der Waals surface area contributed by atoms with Gasteiger partial charge in [-0.3, -0.25) is 19.3 Å². The highest BCUT2D eigenvalue weighted by Crippen LogP contribution is 2.44. The molecule has 1 amide bonds. The van der Waals surface area contributed by atoms with E-state index in [1.54, 1.807) is 32.9 Å². The van der Waals surface area contributed by atoms with Gasteiger partial charge >= 0.3 is 0 Å². The van der Waals surface area contributed by atoms with Crippen molar-refractivity contribution >= 4 is 45.3 Å². The number of Topliss-reactive ketones (excluding diaryl/α,β-unsaturated/α-hetero) is 2. The molecule has 1 aromatic carbocycles. The maximum Gasteiger partial charge on any atom is 0.296 e. The number of hydrogen-bond acceptors (Lipinski definition) is 9. The number of aryl methyl sites for hydroxylation is 3. The molecule has 1 atom stereocenters. The Hall–Kier alpha value is -3.37. The summed E-state index contributed by atoms with van der Waals surface area (Å²) in [6, 6.07) is 5.09. The number of anilines is 1. The first-order valence-corrected chi connectivity index (χ1v) is 11.3. The highest BCUT2D eigenvalue weighted by Gasteiger charge is 2.46. The highest BCUT2D eigenvalue weighted by atomic mass is 32.1. The molecule has 3 heterocycles. The molecule has 3 aromatic rings. The van der Waals surface area contributed by atoms with Gasteiger partial charge in [0.05, 0.1) is 37.8 Å². The average molecular weight is 470 g/mol. The normalized spacial score (nSPS) is 16.2. The number of amides is 1. The van der Waals surface area contributed by atoms with Crippen molar-refractivity contribution in [2.75, 3.05) is 4.90 Å². The summed E-state index contributed by atoms with van der Waals surface area (Å²) in [5.74, 6) is -2.26. The molecule has 2 aromatic heterocycles. The van der Waals surface area contributed by atoms with Gasteiger partial charge in [0.25, 0.3) is 5.91 Å². The largest absolute Gasteiger partial charge is 0.508 e. The Kier molecular flexibility index (Phi) is 5.43. The van der Waals surface area contributed by atoms with Crippen molar-refractivity contribution < 1.29 is 24.6 Å². The molecular weight excluding hydrogens is 450 g/mol. The Morgan fingerprint density at radius 3 is 2.28 bits per heavy atom. The number of phenols is 1. The first kappa shape index (κ1) is 21.8. The van der Waals surface area contributed by atoms with Crippen molar-refractivity contribution in [3.8, 4) is 5.75 Å². The van der Waals surface area contributed by atoms with E-state index in [1.165, 1.54) is 35.3 Å². The summed E-state index contributed by atoms with van der Waals surface area (Å²) in [6.45, 7) is 6.52. The van der Waals surface area contributed by atoms with Crippen molar-refractivity contribution in [3.05, 3.63) is 67.3 Å². The van der Waals surface area contributed by atoms with Gasteiger partial charge in [0, 0.05) is 6.92 Å². The molecule has 0 bridgehead atoms. The van der Waals surface area contributed by atoms with Crippen LogP contribution >= 0.6 is 22.7 Å². The lowest BCUT2D eigenvalue weighted by atomic mass is 9.95. The molecule has 164 valence electrons. The van der Waals surface area contributed by atoms with Crippen molar-refractivity contribution in [1.82, 2.24) is 9.97 Å². The number of thiazole rings is 2. The summed E-state index contributed by atoms with van der Waals surface area (Å²) in [6.07, 6.45) is 0. The number of rotatable bonds is 5. The second kappa shape index (κ2) is 7.95. The van der Waals surface area contributed by atoms with Gasteiger partial charge in [0.2, 0.25) is 5.78 Å². The first-order chi connectivity index (χ1) is 15.1. The number of aliphatic hydroxyl groups is 1. The summed E-state index contributed by atoms with van der Waals surface area (Å²) in [5, 5.41) is 21.7. The minimum absolute atomic E-state index is 0.0577. The second-order valence-corrected chi connectivity index (χ2v) is 9.56. The van der Waals surface area contributed by atoms with Crippen LogP contribution in [0.4, 0.5) is 5.13 Å². The van der Waals surface area contributed by atoms with Crippen LogP contribution in [0.25, 0.3) is 0 Å². The van der Waals surface area contributed by atoms with E-state index in [-0.39, 0.29) is 22.2 Å². The maximum atomic E-state index is 13.5. The Labute approximate surface area is 191 Å². The van der Waals surface area contributed by atoms with Crippen molar-refractivity contribution in [3.63, 3.8) is 0 Å². The number of aromatic nitrogens is 2. The fourth-order valence-corrected chi connectivity index (χ4v) is 5.58. The molecule has 0 saturated carbocycles. The van der Waals surface area contributed by atoms with Crippen LogP contribution in [-0.4, -0.2) is 37.7 Å². The second-order valence-electron chi connectivity index (χ2n) is 7.38. The first-order valence-electron chi connectivity index (χ1n) is 9.62. The SMILES string of the molecule is CC(=O)c1sc(N2C(=O)C(O)=C(C(=O)c3sc(C)nc3C)C2c2cccc(O)c2)nc1C. The molecule has 1 aliphatic rings. The fraction of sp³-hybridized carbons (Fsp3) is 0.227. The van der Waals surface area contributed by atoms with E-state index in [0.29, 0.717) is 31.7 Å². The van der Waals surface area contributed by atoms with Crippen molar-refractivity contribution in [2.24, 2.45) is 0 Å². The minimum Gasteiger partial charge on any atom is -0.508 e. The molecule has 0 radical (unpaired) electrons. The van der Waals surface area contributed by atoms with E-state index in [4.69, 9.17) is 0 Å². The van der Waals surface area contributed by atoms with Gasteiger partial charge in [0.15, 0.2) is 16.7 Å². The summed E-state index contributed by atoms with van der Waals surface area (Å²) in [5.41, 5.74) is 1.25. The number of hydrogen-bond donors (Lipinski definition) is 2. The van der Waals surface area contributed by atoms with Crippen LogP contribution in [0.3, 0.4) is 0 Å². The molecule has 4 rings (SSSR count). The van der Waals surface area contributed by atoms with Crippen LogP contribution in [0.2, 0.25) is 0 Å². The van der Waals surface area contributed by atoms with Crippen LogP contribution in [-0.2, 0) is 4.79 Å². The lowest BCUT2D eigenvalue weighted by Crippen LogP contribution is -2.31. The summed E-state index contributed by atoms with van der Waals surface area (Å²) in [7, 11) is 0. The third kappa shape index (κ3) is 3.51. The molecule has 1 aliphatic heterocycles. The lowest BCUT2D eigenvalue weighted by Gasteiger charge is -2.24. The van der Waals surface area contributed by atoms with Gasteiger partial charge in [-0.2, -0.15) is 0 Å². The molecule has 0 fully saturated rings. The van der Waals surface area contributed by atoms with Crippen LogP contribution in [0.15, 0.2) is 35.6 Å². The number of aliphatic hydroxyl groups excluding tert-OH is 1. The number of benzene rings is 1. The molecule has 0 aliphatic carbocycles. The van der Waals surface area contributed by atoms with E-state index in [9.17, 15) is 24.6 Å². The maximum absolute atomic E-state index is 13.5. The van der Waals surface area contributed by atoms with Gasteiger partial charge in [-0.1, -0.05) is 23.5 Å². The number of nitrogens with zero attached hydrogens (tertiary/aromatic N) is 3. The third-order valence-electron chi connectivity index (χ3n) is 5.06. The Morgan fingerprint density at radius 2 is 1.72 bits per heavy atom. The number of carbonyl (C=O) groups excluding carboxylic acids is 3. The monoisotopic (exact) mass is 469 g/mol. The molecule has 0 spiro atoms. The Morgan fingerprint density at radius 1 is 1.03 bits per heavy atom. The van der Waals surface area contributed by atoms with Gasteiger partial charge in [-0.05, 0) is 38.5 Å². The van der Waals surface area contributed by atoms with Crippen LogP contribution < -0.4 is 4.90 Å². The zero-order valence-corrected chi connectivity index (χ0v) is 19.3. The van der Waals surface area contributed by atoms with Crippen molar-refractivity contribution in [2.45, 2.75) is 33.7 Å². The van der Waals surface area contributed by atoms with Gasteiger partial charge in [0.1, 0.15) is 5.75 Å². The molecular formula is C22H19N3O5S2. The number of ketones is 2. The molecule has 10 heteroatoms. The topological polar surface area (TPSA) is 121 Å². The lowest BCUT2D eigenvalue weighted by molar-refractivity contribution is -0.117. The zero-order chi connectivity index (χ0) is 23.3. The Balaban J connectivity index is 1.91. The van der Waals surface area contributed by atoms with Crippen LogP contribution in [0, 0.1) is 20.8 Å². The number of phenolic OH excluding ortho intramolecular Hbond substituents is 1. The van der Waals surface area contributed by atoms with E-state index in [2.05, 4.69) is 9.97 Å². The average Bonchev–Trinajstić information content (AvgIpc) is 3.35. The van der Waals surface area contributed by atoms with Crippen LogP contribution in [0.5, 0.6) is 5.75 Å². The molecule has 0 saturated heterocycles. The summed E-state index contributed by atoms with van der Waals surface area (Å²) < 4.78 is 0. The minimum atomic E-state index is -1.03. The van der Waals surface area contributed by atoms with Gasteiger partial charge in [-0.25, -0.2) is 9.97 Å². The zero-order valence-electron chi connectivity index (χ0n) is 17.7. The number of aromatic hydroxyl groups is 1. The van der Waals surface area contributed by atoms with E-state index in [0.717, 1.165) is 11.3 Å². The molecule has 1 unspecified atom stereocenters. The molecule has 2 N–H and O–H groups in total. The Bertz CT molecular complexity index is 1320. The summed E-state index contributed by atoms with van der Waals surface area (Å²) in [4.78, 5) is 49.2. The predicted molar refractivity (Wildman–Crippen MR) is 121 cm³/mol. The highest BCUT2D eigenvalue weighted by molar-refractivity contribution is 7.17. The smallest absolute Gasteiger partial charge is 0.296 e. The van der Waals surface area contributed by atoms with E-state index >= 15 is 0 Å². The van der Waals surface area contributed by atoms with E-state index in [1.807, 2.05) is 0 Å². The van der Waals surface area contributed by atoms with Crippen LogP contribution in [0.1, 0.15) is 54.3 Å². The molecule has 32 heavy (non-hydrogen) atoms. The van der Waals surface area contributed by atoms with E-state index < -0.39 is 23.5 Å². The van der Waals surface area contributed by atoms with Gasteiger partial charge in [-0.15, -0.1) is 11.3 Å². The quantitative estimate of drug-likeness (QED) is 0.537. The standard InChI is InChI=1S/C22H19N3O5S2/c1-9-19(11(3)26)32-22(24-9)25-16(13-6-5-7-14(27)8-13)15(18(29)21(25)30)17(28)20-10(2)23-12(4)31-20/h5-8,16,27,29H,1-4H3. The molecule has 8 nitrogen and oxygen atoms in total. The third-order valence-corrected chi connectivity index (χ3v) is 7.39. The summed E-state index contributed by atoms with van der Waals surface area (Å²) >= 11 is 2.19. The number of carbonyl (C=O) groups is 3. The fourth-order valence-electron chi connectivity index (χ4n) is 3.72. The van der Waals surface area contributed by atoms with Gasteiger partial charge < -0.3 is 10.2 Å². The van der Waals surface area contributed by atoms with Crippen molar-refractivity contribution in [1.29, 1.82) is 0 Å².